The second-order valence-electron chi connectivity index (χ2n) is 8.06. The van der Waals surface area contributed by atoms with Crippen LogP contribution in [0, 0.1) is 23.7 Å². The van der Waals surface area contributed by atoms with Gasteiger partial charge in [-0.2, -0.15) is 13.2 Å². The van der Waals surface area contributed by atoms with Gasteiger partial charge in [-0.3, -0.25) is 0 Å². The second-order valence-corrected chi connectivity index (χ2v) is 10.0. The van der Waals surface area contributed by atoms with Gasteiger partial charge in [0.25, 0.3) is 0 Å². The molecule has 4 saturated heterocycles. The van der Waals surface area contributed by atoms with Crippen LogP contribution in [-0.2, 0) is 19.2 Å². The molecule has 0 radical (unpaired) electrons. The van der Waals surface area contributed by atoms with E-state index in [-0.39, 0.29) is 17.2 Å². The summed E-state index contributed by atoms with van der Waals surface area (Å²) < 4.78 is 50.4. The summed E-state index contributed by atoms with van der Waals surface area (Å²) in [6.45, 7) is 5.40. The van der Waals surface area contributed by atoms with E-state index in [0.717, 1.165) is 12.8 Å². The highest BCUT2D eigenvalue weighted by atomic mass is 79.9. The van der Waals surface area contributed by atoms with E-state index in [0.29, 0.717) is 18.8 Å². The van der Waals surface area contributed by atoms with E-state index in [9.17, 15) is 13.2 Å². The van der Waals surface area contributed by atoms with Crippen molar-refractivity contribution in [3.63, 3.8) is 0 Å². The number of hydrogen-bond acceptors (Lipinski definition) is 4. The zero-order valence-electron chi connectivity index (χ0n) is 15.3. The molecule has 4 aliphatic heterocycles. The fourth-order valence-corrected chi connectivity index (χ4v) is 5.72. The van der Waals surface area contributed by atoms with Crippen LogP contribution in [0.15, 0.2) is 0 Å². The molecule has 1 spiro atoms. The molecule has 0 unspecified atom stereocenters. The Hall–Kier alpha value is 0.690. The van der Waals surface area contributed by atoms with Crippen molar-refractivity contribution in [2.75, 3.05) is 5.34 Å². The average molecular weight is 500 g/mol. The van der Waals surface area contributed by atoms with Crippen LogP contribution < -0.4 is 0 Å². The Labute approximate surface area is 175 Å². The molecule has 1 aliphatic carbocycles. The van der Waals surface area contributed by atoms with Gasteiger partial charge in [-0.1, -0.05) is 13.8 Å². The molecule has 158 valence electrons. The fourth-order valence-electron chi connectivity index (χ4n) is 5.23. The van der Waals surface area contributed by atoms with Crippen LogP contribution in [0.3, 0.4) is 0 Å². The van der Waals surface area contributed by atoms with Crippen LogP contribution in [-0.4, -0.2) is 33.7 Å². The highest BCUT2D eigenvalue weighted by Crippen LogP contribution is 2.65. The smallest absolute Gasteiger partial charge is 0.322 e. The van der Waals surface area contributed by atoms with Gasteiger partial charge in [-0.05, 0) is 54.0 Å². The van der Waals surface area contributed by atoms with Crippen molar-refractivity contribution in [1.29, 1.82) is 0 Å². The minimum Gasteiger partial charge on any atom is -0.322 e. The normalized spacial score (nSPS) is 51.7. The molecule has 5 aliphatic rings. The molecule has 2 bridgehead atoms. The second kappa shape index (κ2) is 7.43. The van der Waals surface area contributed by atoms with Gasteiger partial charge in [0.05, 0.1) is 5.34 Å². The SMILES string of the molecule is C[C@@H]1CC[C@H]2[C@@H](C)[C@](Br)(C(F)(F)F)O[C@H]3O[C@]4(C)CC[C@@H]1[C@]32OO4.ClCCl. The monoisotopic (exact) mass is 498 g/mol. The quantitative estimate of drug-likeness (QED) is 0.305. The Bertz CT molecular complexity index is 571. The predicted molar refractivity (Wildman–Crippen MR) is 97.3 cm³/mol. The molecule has 10 heteroatoms. The Morgan fingerprint density at radius 3 is 2.26 bits per heavy atom. The number of rotatable bonds is 0. The molecule has 5 fully saturated rings. The van der Waals surface area contributed by atoms with Gasteiger partial charge in [-0.15, -0.1) is 23.2 Å². The molecule has 0 aromatic heterocycles. The lowest BCUT2D eigenvalue weighted by atomic mass is 9.57. The first-order chi connectivity index (χ1) is 12.4. The van der Waals surface area contributed by atoms with Gasteiger partial charge in [0.15, 0.2) is 11.9 Å². The number of ether oxygens (including phenoxy) is 2. The molecular formula is C17H24BrCl2F3O4. The first kappa shape index (κ1) is 22.4. The van der Waals surface area contributed by atoms with Crippen molar-refractivity contribution < 1.29 is 32.4 Å². The van der Waals surface area contributed by atoms with Crippen LogP contribution in [0.25, 0.3) is 0 Å². The van der Waals surface area contributed by atoms with Gasteiger partial charge < -0.3 is 9.47 Å². The van der Waals surface area contributed by atoms with E-state index in [1.54, 1.807) is 13.8 Å². The van der Waals surface area contributed by atoms with Gasteiger partial charge in [0.2, 0.25) is 10.3 Å². The summed E-state index contributed by atoms with van der Waals surface area (Å²) in [4.78, 5) is 11.4. The van der Waals surface area contributed by atoms with E-state index < -0.39 is 34.3 Å². The molecule has 0 amide bonds. The Balaban J connectivity index is 0.000000659. The van der Waals surface area contributed by atoms with Crippen LogP contribution >= 0.6 is 39.1 Å². The van der Waals surface area contributed by atoms with Crippen LogP contribution in [0.4, 0.5) is 13.2 Å². The standard InChI is InChI=1S/C16H22BrF3O4.CH2Cl2/c1-8-4-5-11-9(2)15(17,16(18,19)20)22-12-14(11)10(8)6-7-13(3,21-12)23-24-14;2-1-3/h8-12H,4-7H2,1-3H3;1H2/t8-,9-,10+,11+,12-,13+,14-,15-;/m1./s1. The van der Waals surface area contributed by atoms with E-state index in [4.69, 9.17) is 42.5 Å². The van der Waals surface area contributed by atoms with Crippen molar-refractivity contribution in [3.8, 4) is 0 Å². The minimum atomic E-state index is -4.55. The van der Waals surface area contributed by atoms with Crippen LogP contribution in [0.2, 0.25) is 0 Å². The molecular weight excluding hydrogens is 476 g/mol. The number of alkyl halides is 6. The van der Waals surface area contributed by atoms with E-state index in [2.05, 4.69) is 22.9 Å². The first-order valence-electron chi connectivity index (χ1n) is 9.05. The molecule has 4 nitrogen and oxygen atoms in total. The van der Waals surface area contributed by atoms with Crippen molar-refractivity contribution in [2.45, 2.75) is 74.8 Å². The lowest BCUT2D eigenvalue weighted by Crippen LogP contribution is -2.74. The molecule has 0 aromatic rings. The van der Waals surface area contributed by atoms with Crippen molar-refractivity contribution >= 4 is 39.1 Å². The maximum absolute atomic E-state index is 13.8. The topological polar surface area (TPSA) is 36.9 Å². The van der Waals surface area contributed by atoms with Crippen molar-refractivity contribution in [2.24, 2.45) is 23.7 Å². The summed E-state index contributed by atoms with van der Waals surface area (Å²) in [5, 5.41) is 0.194. The fraction of sp³-hybridized carbons (Fsp3) is 1.00. The summed E-state index contributed by atoms with van der Waals surface area (Å²) in [6.07, 6.45) is -2.79. The lowest BCUT2D eigenvalue weighted by molar-refractivity contribution is -0.577. The van der Waals surface area contributed by atoms with E-state index >= 15 is 0 Å². The lowest BCUT2D eigenvalue weighted by Gasteiger charge is -2.62. The molecule has 27 heavy (non-hydrogen) atoms. The minimum absolute atomic E-state index is 0.0540. The van der Waals surface area contributed by atoms with Crippen LogP contribution in [0.5, 0.6) is 0 Å². The number of fused-ring (bicyclic) bond motifs is 2. The summed E-state index contributed by atoms with van der Waals surface area (Å²) in [6, 6.07) is 0. The highest BCUT2D eigenvalue weighted by molar-refractivity contribution is 9.10. The van der Waals surface area contributed by atoms with E-state index in [1.807, 2.05) is 0 Å². The molecule has 4 heterocycles. The number of halogens is 6. The van der Waals surface area contributed by atoms with Crippen LogP contribution in [0.1, 0.15) is 46.5 Å². The third-order valence-electron chi connectivity index (χ3n) is 6.63. The Kier molecular flexibility index (Phi) is 6.16. The summed E-state index contributed by atoms with van der Waals surface area (Å²) in [5.41, 5.74) is -0.977. The van der Waals surface area contributed by atoms with E-state index in [1.165, 1.54) is 0 Å². The number of hydrogen-bond donors (Lipinski definition) is 0. The van der Waals surface area contributed by atoms with Gasteiger partial charge in [-0.25, -0.2) is 9.78 Å². The third kappa shape index (κ3) is 3.35. The molecule has 0 aromatic carbocycles. The molecule has 0 N–H and O–H groups in total. The predicted octanol–water partition coefficient (Wildman–Crippen LogP) is 5.94. The zero-order chi connectivity index (χ0) is 20.3. The third-order valence-corrected chi connectivity index (χ3v) is 7.99. The van der Waals surface area contributed by atoms with Gasteiger partial charge in [0.1, 0.15) is 0 Å². The average Bonchev–Trinajstić information content (AvgIpc) is 2.79. The maximum atomic E-state index is 13.8. The summed E-state index contributed by atoms with van der Waals surface area (Å²) >= 11 is 12.4. The largest absolute Gasteiger partial charge is 0.427 e. The van der Waals surface area contributed by atoms with Gasteiger partial charge in [0, 0.05) is 18.3 Å². The Morgan fingerprint density at radius 1 is 1.04 bits per heavy atom. The zero-order valence-corrected chi connectivity index (χ0v) is 18.4. The van der Waals surface area contributed by atoms with Gasteiger partial charge >= 0.3 is 6.18 Å². The van der Waals surface area contributed by atoms with Crippen molar-refractivity contribution in [1.82, 2.24) is 0 Å². The molecule has 1 saturated carbocycles. The summed E-state index contributed by atoms with van der Waals surface area (Å²) in [7, 11) is 0. The highest BCUT2D eigenvalue weighted by Gasteiger charge is 2.75. The summed E-state index contributed by atoms with van der Waals surface area (Å²) in [5.74, 6) is -1.88. The maximum Gasteiger partial charge on any atom is 0.427 e. The first-order valence-corrected chi connectivity index (χ1v) is 10.9. The molecule has 5 rings (SSSR count). The molecule has 8 atom stereocenters. The van der Waals surface area contributed by atoms with Crippen molar-refractivity contribution in [3.05, 3.63) is 0 Å². The Morgan fingerprint density at radius 2 is 1.67 bits per heavy atom.